The van der Waals surface area contributed by atoms with Crippen LogP contribution in [0, 0.1) is 0 Å². The van der Waals surface area contributed by atoms with Gasteiger partial charge in [0.15, 0.2) is 0 Å². The standard InChI is InChI=1S/C32H33N5O5/c1-36-20-26(35-32(42)34-18-22-9-5-3-6-10-22)17-28(36)30(39)37(2)21-29(38)33-19-27(31(40)41)25-15-13-24(14-16-25)23-11-7-4-8-12-23/h3-17,20,27H,18-19,21H2,1-2H3,(H,33,38)(H,40,41)(H2,34,35,42). The van der Waals surface area contributed by atoms with Gasteiger partial charge < -0.3 is 30.5 Å². The van der Waals surface area contributed by atoms with Crippen molar-refractivity contribution in [3.63, 3.8) is 0 Å². The van der Waals surface area contributed by atoms with Crippen molar-refractivity contribution in [1.82, 2.24) is 20.1 Å². The van der Waals surface area contributed by atoms with Crippen molar-refractivity contribution in [2.75, 3.05) is 25.5 Å². The van der Waals surface area contributed by atoms with Crippen LogP contribution in [-0.4, -0.2) is 58.5 Å². The fourth-order valence-corrected chi connectivity index (χ4v) is 4.44. The molecule has 0 bridgehead atoms. The van der Waals surface area contributed by atoms with Gasteiger partial charge in [-0.2, -0.15) is 0 Å². The lowest BCUT2D eigenvalue weighted by Crippen LogP contribution is -2.41. The van der Waals surface area contributed by atoms with E-state index in [1.54, 1.807) is 29.9 Å². The molecule has 3 aromatic carbocycles. The first kappa shape index (κ1) is 29.6. The van der Waals surface area contributed by atoms with E-state index in [4.69, 9.17) is 0 Å². The Morgan fingerprint density at radius 2 is 1.48 bits per heavy atom. The molecule has 1 heterocycles. The third-order valence-corrected chi connectivity index (χ3v) is 6.73. The van der Waals surface area contributed by atoms with Gasteiger partial charge in [-0.05, 0) is 28.3 Å². The molecule has 0 saturated carbocycles. The number of carbonyl (C=O) groups is 4. The Balaban J connectivity index is 1.29. The normalized spacial score (nSPS) is 11.3. The molecular weight excluding hydrogens is 534 g/mol. The van der Waals surface area contributed by atoms with E-state index in [0.717, 1.165) is 16.7 Å². The smallest absolute Gasteiger partial charge is 0.319 e. The summed E-state index contributed by atoms with van der Waals surface area (Å²) in [6.45, 7) is -0.0499. The van der Waals surface area contributed by atoms with Crippen LogP contribution in [0.2, 0.25) is 0 Å². The lowest BCUT2D eigenvalue weighted by molar-refractivity contribution is -0.138. The van der Waals surface area contributed by atoms with Crippen molar-refractivity contribution < 1.29 is 24.3 Å². The highest BCUT2D eigenvalue weighted by atomic mass is 16.4. The van der Waals surface area contributed by atoms with E-state index >= 15 is 0 Å². The Kier molecular flexibility index (Phi) is 9.73. The maximum absolute atomic E-state index is 13.0. The van der Waals surface area contributed by atoms with Crippen LogP contribution in [0.25, 0.3) is 11.1 Å². The van der Waals surface area contributed by atoms with Gasteiger partial charge in [-0.15, -0.1) is 0 Å². The van der Waals surface area contributed by atoms with Gasteiger partial charge in [0.05, 0.1) is 18.2 Å². The van der Waals surface area contributed by atoms with Crippen molar-refractivity contribution in [3.8, 4) is 11.1 Å². The number of amides is 4. The number of urea groups is 1. The van der Waals surface area contributed by atoms with Crippen LogP contribution in [0.15, 0.2) is 97.2 Å². The zero-order valence-corrected chi connectivity index (χ0v) is 23.4. The zero-order chi connectivity index (χ0) is 30.1. The lowest BCUT2D eigenvalue weighted by Gasteiger charge is -2.19. The summed E-state index contributed by atoms with van der Waals surface area (Å²) in [6.07, 6.45) is 1.60. The molecule has 10 heteroatoms. The lowest BCUT2D eigenvalue weighted by atomic mass is 9.96. The molecule has 0 fully saturated rings. The minimum absolute atomic E-state index is 0.128. The molecule has 42 heavy (non-hydrogen) atoms. The molecule has 0 aliphatic rings. The fraction of sp³-hybridized carbons (Fsp3) is 0.188. The number of nitrogens with zero attached hydrogens (tertiary/aromatic N) is 2. The van der Waals surface area contributed by atoms with E-state index in [2.05, 4.69) is 16.0 Å². The van der Waals surface area contributed by atoms with E-state index in [0.29, 0.717) is 17.8 Å². The van der Waals surface area contributed by atoms with Crippen molar-refractivity contribution in [2.24, 2.45) is 7.05 Å². The van der Waals surface area contributed by atoms with Crippen molar-refractivity contribution in [3.05, 3.63) is 114 Å². The number of nitrogens with one attached hydrogen (secondary N) is 3. The van der Waals surface area contributed by atoms with E-state index in [1.807, 2.05) is 72.8 Å². The summed E-state index contributed by atoms with van der Waals surface area (Å²) in [7, 11) is 3.14. The van der Waals surface area contributed by atoms with E-state index in [1.165, 1.54) is 18.0 Å². The Morgan fingerprint density at radius 3 is 2.12 bits per heavy atom. The minimum Gasteiger partial charge on any atom is -0.481 e. The Labute approximate surface area is 244 Å². The molecule has 0 aliphatic carbocycles. The van der Waals surface area contributed by atoms with E-state index in [9.17, 15) is 24.3 Å². The molecular formula is C32H33N5O5. The van der Waals surface area contributed by atoms with E-state index in [-0.39, 0.29) is 18.8 Å². The van der Waals surface area contributed by atoms with Crippen LogP contribution < -0.4 is 16.0 Å². The van der Waals surface area contributed by atoms with Crippen LogP contribution in [0.4, 0.5) is 10.5 Å². The molecule has 4 N–H and O–H groups in total. The highest BCUT2D eigenvalue weighted by molar-refractivity contribution is 5.97. The number of aliphatic carboxylic acids is 1. The van der Waals surface area contributed by atoms with Crippen molar-refractivity contribution >= 4 is 29.5 Å². The number of aromatic nitrogens is 1. The Morgan fingerprint density at radius 1 is 0.857 bits per heavy atom. The van der Waals surface area contributed by atoms with Crippen LogP contribution in [0.1, 0.15) is 27.5 Å². The van der Waals surface area contributed by atoms with Crippen molar-refractivity contribution in [1.29, 1.82) is 0 Å². The summed E-state index contributed by atoms with van der Waals surface area (Å²) >= 11 is 0. The molecule has 4 rings (SSSR count). The maximum atomic E-state index is 13.0. The van der Waals surface area contributed by atoms with Gasteiger partial charge >= 0.3 is 12.0 Å². The first-order valence-electron chi connectivity index (χ1n) is 13.4. The first-order valence-corrected chi connectivity index (χ1v) is 13.4. The Bertz CT molecular complexity index is 1530. The molecule has 1 atom stereocenters. The number of carboxylic acid groups (broad SMARTS) is 1. The zero-order valence-electron chi connectivity index (χ0n) is 23.4. The second-order valence-electron chi connectivity index (χ2n) is 9.86. The number of hydrogen-bond acceptors (Lipinski definition) is 4. The number of carboxylic acids is 1. The average Bonchev–Trinajstić information content (AvgIpc) is 3.36. The number of rotatable bonds is 11. The summed E-state index contributed by atoms with van der Waals surface area (Å²) in [5, 5.41) is 17.9. The van der Waals surface area contributed by atoms with Gasteiger partial charge in [0, 0.05) is 33.4 Å². The van der Waals surface area contributed by atoms with Gasteiger partial charge in [0.1, 0.15) is 5.69 Å². The summed E-state index contributed by atoms with van der Waals surface area (Å²) in [5.41, 5.74) is 4.18. The number of benzene rings is 3. The highest BCUT2D eigenvalue weighted by Crippen LogP contribution is 2.23. The summed E-state index contributed by atoms with van der Waals surface area (Å²) in [5.74, 6) is -2.94. The number of hydrogen-bond donors (Lipinski definition) is 4. The number of likely N-dealkylation sites (N-methyl/N-ethyl adjacent to an activating group) is 1. The molecule has 0 aliphatic heterocycles. The molecule has 10 nitrogen and oxygen atoms in total. The van der Waals surface area contributed by atoms with Gasteiger partial charge in [-0.1, -0.05) is 84.9 Å². The van der Waals surface area contributed by atoms with Gasteiger partial charge in [0.25, 0.3) is 5.91 Å². The number of aryl methyl sites for hydroxylation is 1. The molecule has 0 saturated heterocycles. The number of carbonyl (C=O) groups excluding carboxylic acids is 3. The average molecular weight is 568 g/mol. The van der Waals surface area contributed by atoms with Gasteiger partial charge in [-0.25, -0.2) is 4.79 Å². The summed E-state index contributed by atoms with van der Waals surface area (Å²) in [4.78, 5) is 51.2. The third-order valence-electron chi connectivity index (χ3n) is 6.73. The molecule has 0 radical (unpaired) electrons. The summed E-state index contributed by atoms with van der Waals surface area (Å²) in [6, 6.07) is 27.5. The van der Waals surface area contributed by atoms with Gasteiger partial charge in [0.2, 0.25) is 5.91 Å². The monoisotopic (exact) mass is 567 g/mol. The summed E-state index contributed by atoms with van der Waals surface area (Å²) < 4.78 is 1.56. The van der Waals surface area contributed by atoms with Crippen LogP contribution in [0.5, 0.6) is 0 Å². The second-order valence-corrected chi connectivity index (χ2v) is 9.86. The molecule has 4 amide bonds. The predicted octanol–water partition coefficient (Wildman–Crippen LogP) is 4.07. The second kappa shape index (κ2) is 13.8. The highest BCUT2D eigenvalue weighted by Gasteiger charge is 2.23. The fourth-order valence-electron chi connectivity index (χ4n) is 4.44. The topological polar surface area (TPSA) is 133 Å². The predicted molar refractivity (Wildman–Crippen MR) is 160 cm³/mol. The largest absolute Gasteiger partial charge is 0.481 e. The molecule has 4 aromatic rings. The molecule has 1 aromatic heterocycles. The quantitative estimate of drug-likeness (QED) is 0.217. The van der Waals surface area contributed by atoms with Crippen molar-refractivity contribution in [2.45, 2.75) is 12.5 Å². The van der Waals surface area contributed by atoms with Crippen LogP contribution in [0.3, 0.4) is 0 Å². The first-order chi connectivity index (χ1) is 20.2. The van der Waals surface area contributed by atoms with Crippen LogP contribution >= 0.6 is 0 Å². The minimum atomic E-state index is -1.07. The maximum Gasteiger partial charge on any atom is 0.319 e. The SMILES string of the molecule is CN(CC(=O)NCC(C(=O)O)c1ccc(-c2ccccc2)cc1)C(=O)c1cc(NC(=O)NCc2ccccc2)cn1C. The molecule has 1 unspecified atom stereocenters. The molecule has 0 spiro atoms. The van der Waals surface area contributed by atoms with E-state index < -0.39 is 29.7 Å². The van der Waals surface area contributed by atoms with Gasteiger partial charge in [-0.3, -0.25) is 14.4 Å². The van der Waals surface area contributed by atoms with Crippen LogP contribution in [-0.2, 0) is 23.2 Å². The Hall–Kier alpha value is -5.38. The molecule has 216 valence electrons. The third kappa shape index (κ3) is 7.85. The number of anilines is 1.